The fraction of sp³-hybridized carbons (Fsp3) is 0.111. The van der Waals surface area contributed by atoms with Crippen LogP contribution in [0, 0.1) is 6.92 Å². The molecular weight excluding hydrogens is 338 g/mol. The Morgan fingerprint density at radius 2 is 1.50 bits per heavy atom. The molecule has 1 aliphatic heterocycles. The molecule has 1 heteroatoms. The summed E-state index contributed by atoms with van der Waals surface area (Å²) < 4.78 is 0. The summed E-state index contributed by atoms with van der Waals surface area (Å²) >= 11 is 0. The van der Waals surface area contributed by atoms with E-state index in [4.69, 9.17) is 0 Å². The molecule has 0 aromatic heterocycles. The fourth-order valence-corrected chi connectivity index (χ4v) is 3.53. The van der Waals surface area contributed by atoms with Crippen LogP contribution in [0.5, 0.6) is 0 Å². The van der Waals surface area contributed by atoms with Crippen LogP contribution in [0.1, 0.15) is 23.6 Å². The first kappa shape index (κ1) is 18.1. The lowest BCUT2D eigenvalue weighted by atomic mass is 9.98. The summed E-state index contributed by atoms with van der Waals surface area (Å²) in [5, 5.41) is 0. The third-order valence-corrected chi connectivity index (χ3v) is 5.25. The van der Waals surface area contributed by atoms with Crippen molar-refractivity contribution in [3.05, 3.63) is 114 Å². The Balaban J connectivity index is 1.74. The minimum Gasteiger partial charge on any atom is -0.317 e. The van der Waals surface area contributed by atoms with Gasteiger partial charge in [-0.3, -0.25) is 0 Å². The maximum Gasteiger partial charge on any atom is 0.0533 e. The number of fused-ring (bicyclic) bond motifs is 1. The molecule has 3 aromatic rings. The van der Waals surface area contributed by atoms with Gasteiger partial charge in [0, 0.05) is 17.5 Å². The second kappa shape index (κ2) is 7.74. The average molecular weight is 364 g/mol. The molecule has 0 spiro atoms. The molecule has 0 radical (unpaired) electrons. The van der Waals surface area contributed by atoms with Crippen molar-refractivity contribution in [3.63, 3.8) is 0 Å². The first-order chi connectivity index (χ1) is 13.7. The maximum atomic E-state index is 4.27. The van der Waals surface area contributed by atoms with E-state index >= 15 is 0 Å². The molecule has 28 heavy (non-hydrogen) atoms. The first-order valence-electron chi connectivity index (χ1n) is 9.79. The third-order valence-electron chi connectivity index (χ3n) is 5.25. The summed E-state index contributed by atoms with van der Waals surface area (Å²) in [6.45, 7) is 8.58. The number of anilines is 2. The molecule has 0 saturated heterocycles. The molecule has 138 valence electrons. The zero-order valence-corrected chi connectivity index (χ0v) is 16.5. The van der Waals surface area contributed by atoms with Crippen molar-refractivity contribution in [2.24, 2.45) is 0 Å². The number of hydrogen-bond acceptors (Lipinski definition) is 1. The summed E-state index contributed by atoms with van der Waals surface area (Å²) in [6, 6.07) is 24.1. The monoisotopic (exact) mass is 363 g/mol. The van der Waals surface area contributed by atoms with Crippen LogP contribution in [0.3, 0.4) is 0 Å². The van der Waals surface area contributed by atoms with Gasteiger partial charge in [0.15, 0.2) is 0 Å². The summed E-state index contributed by atoms with van der Waals surface area (Å²) in [6.07, 6.45) is 9.33. The van der Waals surface area contributed by atoms with Crippen molar-refractivity contribution in [1.82, 2.24) is 0 Å². The van der Waals surface area contributed by atoms with Crippen molar-refractivity contribution < 1.29 is 0 Å². The van der Waals surface area contributed by atoms with Crippen LogP contribution in [0.25, 0.3) is 16.7 Å². The normalized spacial score (nSPS) is 15.5. The molecule has 0 fully saturated rings. The standard InChI is InChI=1S/C27H25N/c1-4-22-10-17-27-26(19-22)21(3)7-5-6-18-28(27)25-15-13-24(14-16-25)23-11-8-20(2)9-12-23/h5-19H,3-4H2,1-2H3/b7-5-,18-6-. The molecule has 3 aromatic carbocycles. The second-order valence-corrected chi connectivity index (χ2v) is 7.21. The van der Waals surface area contributed by atoms with Gasteiger partial charge in [-0.2, -0.15) is 0 Å². The van der Waals surface area contributed by atoms with E-state index in [0.29, 0.717) is 0 Å². The van der Waals surface area contributed by atoms with E-state index in [2.05, 4.69) is 116 Å². The third kappa shape index (κ3) is 3.57. The van der Waals surface area contributed by atoms with Gasteiger partial charge in [-0.25, -0.2) is 0 Å². The lowest BCUT2D eigenvalue weighted by Crippen LogP contribution is -2.11. The van der Waals surface area contributed by atoms with E-state index in [1.54, 1.807) is 0 Å². The van der Waals surface area contributed by atoms with Crippen LogP contribution in [0.4, 0.5) is 11.4 Å². The lowest BCUT2D eigenvalue weighted by molar-refractivity contribution is 1.13. The van der Waals surface area contributed by atoms with Crippen LogP contribution in [-0.2, 0) is 6.42 Å². The van der Waals surface area contributed by atoms with Gasteiger partial charge in [-0.1, -0.05) is 73.7 Å². The highest BCUT2D eigenvalue weighted by Gasteiger charge is 2.14. The van der Waals surface area contributed by atoms with Gasteiger partial charge in [0.25, 0.3) is 0 Å². The van der Waals surface area contributed by atoms with Gasteiger partial charge >= 0.3 is 0 Å². The van der Waals surface area contributed by atoms with Crippen LogP contribution in [0.15, 0.2) is 97.7 Å². The molecule has 1 aliphatic rings. The van der Waals surface area contributed by atoms with Gasteiger partial charge in [-0.15, -0.1) is 0 Å². The second-order valence-electron chi connectivity index (χ2n) is 7.21. The van der Waals surface area contributed by atoms with Gasteiger partial charge < -0.3 is 4.90 Å². The van der Waals surface area contributed by atoms with Crippen molar-refractivity contribution in [2.45, 2.75) is 20.3 Å². The summed E-state index contributed by atoms with van der Waals surface area (Å²) in [5.74, 6) is 0. The molecule has 0 bridgehead atoms. The Hall–Kier alpha value is -3.32. The van der Waals surface area contributed by atoms with Crippen molar-refractivity contribution in [3.8, 4) is 11.1 Å². The number of benzene rings is 3. The average Bonchev–Trinajstić information content (AvgIpc) is 2.73. The summed E-state index contributed by atoms with van der Waals surface area (Å²) in [7, 11) is 0. The van der Waals surface area contributed by atoms with E-state index in [-0.39, 0.29) is 0 Å². The van der Waals surface area contributed by atoms with E-state index in [9.17, 15) is 0 Å². The molecular formula is C27H25N. The summed E-state index contributed by atoms with van der Waals surface area (Å²) in [5.41, 5.74) is 9.59. The Bertz CT molecular complexity index is 1050. The highest BCUT2D eigenvalue weighted by atomic mass is 15.1. The van der Waals surface area contributed by atoms with Gasteiger partial charge in [-0.05, 0) is 65.9 Å². The molecule has 0 amide bonds. The Morgan fingerprint density at radius 1 is 0.821 bits per heavy atom. The van der Waals surface area contributed by atoms with Crippen molar-refractivity contribution >= 4 is 16.9 Å². The van der Waals surface area contributed by atoms with E-state index in [1.807, 2.05) is 0 Å². The quantitative estimate of drug-likeness (QED) is 0.467. The Labute approximate surface area is 168 Å². The van der Waals surface area contributed by atoms with Crippen LogP contribution in [-0.4, -0.2) is 0 Å². The van der Waals surface area contributed by atoms with Crippen LogP contribution >= 0.6 is 0 Å². The smallest absolute Gasteiger partial charge is 0.0533 e. The number of hydrogen-bond donors (Lipinski definition) is 0. The number of aryl methyl sites for hydroxylation is 2. The molecule has 0 aliphatic carbocycles. The van der Waals surface area contributed by atoms with Gasteiger partial charge in [0.2, 0.25) is 0 Å². The lowest BCUT2D eigenvalue weighted by Gasteiger charge is -2.25. The minimum atomic E-state index is 1.02. The van der Waals surface area contributed by atoms with Gasteiger partial charge in [0.1, 0.15) is 0 Å². The number of nitrogens with zero attached hydrogens (tertiary/aromatic N) is 1. The van der Waals surface area contributed by atoms with Gasteiger partial charge in [0.05, 0.1) is 5.69 Å². The van der Waals surface area contributed by atoms with Crippen molar-refractivity contribution in [2.75, 3.05) is 4.90 Å². The highest BCUT2D eigenvalue weighted by molar-refractivity contribution is 5.86. The zero-order chi connectivity index (χ0) is 19.5. The molecule has 0 unspecified atom stereocenters. The van der Waals surface area contributed by atoms with Crippen molar-refractivity contribution in [1.29, 1.82) is 0 Å². The van der Waals surface area contributed by atoms with Crippen LogP contribution < -0.4 is 4.90 Å². The van der Waals surface area contributed by atoms with Crippen LogP contribution in [0.2, 0.25) is 0 Å². The zero-order valence-electron chi connectivity index (χ0n) is 16.5. The topological polar surface area (TPSA) is 3.24 Å². The van der Waals surface area contributed by atoms with E-state index < -0.39 is 0 Å². The van der Waals surface area contributed by atoms with E-state index in [1.165, 1.54) is 27.8 Å². The Morgan fingerprint density at radius 3 is 2.18 bits per heavy atom. The molecule has 0 N–H and O–H groups in total. The molecule has 4 rings (SSSR count). The fourth-order valence-electron chi connectivity index (χ4n) is 3.53. The minimum absolute atomic E-state index is 1.02. The maximum absolute atomic E-state index is 4.27. The molecule has 0 atom stereocenters. The molecule has 0 saturated carbocycles. The number of rotatable bonds is 3. The first-order valence-corrected chi connectivity index (χ1v) is 9.79. The molecule has 1 nitrogen and oxygen atoms in total. The largest absolute Gasteiger partial charge is 0.317 e. The SMILES string of the molecule is C=C1/C=C\C=C/N(c2ccc(-c3ccc(C)cc3)cc2)c2ccc(CC)cc21. The van der Waals surface area contributed by atoms with E-state index in [0.717, 1.165) is 23.4 Å². The Kier molecular flexibility index (Phi) is 4.99. The summed E-state index contributed by atoms with van der Waals surface area (Å²) in [4.78, 5) is 2.24. The molecule has 1 heterocycles. The number of allylic oxidation sites excluding steroid dienone is 4. The predicted molar refractivity (Wildman–Crippen MR) is 122 cm³/mol. The predicted octanol–water partition coefficient (Wildman–Crippen LogP) is 7.46. The highest BCUT2D eigenvalue weighted by Crippen LogP contribution is 2.36.